The molecule has 1 amide bonds. The smallest absolute Gasteiger partial charge is 0.417 e. The number of carbonyl (C=O) groups is 1. The first-order valence-corrected chi connectivity index (χ1v) is 10.1. The fourth-order valence-electron chi connectivity index (χ4n) is 3.12. The van der Waals surface area contributed by atoms with Gasteiger partial charge in [0.15, 0.2) is 0 Å². The molecule has 156 valence electrons. The van der Waals surface area contributed by atoms with Gasteiger partial charge >= 0.3 is 12.3 Å². The molecule has 29 heavy (non-hydrogen) atoms. The molecule has 0 saturated carbocycles. The third-order valence-corrected chi connectivity index (χ3v) is 5.47. The number of rotatable bonds is 5. The molecule has 1 fully saturated rings. The number of hydrogen-bond donors (Lipinski definition) is 0. The summed E-state index contributed by atoms with van der Waals surface area (Å²) < 4.78 is 49.4. The summed E-state index contributed by atoms with van der Waals surface area (Å²) in [4.78, 5) is 13.9. The Morgan fingerprint density at radius 1 is 1.10 bits per heavy atom. The third-order valence-electron chi connectivity index (χ3n) is 4.81. The van der Waals surface area contributed by atoms with Crippen molar-refractivity contribution in [1.29, 1.82) is 0 Å². The number of likely N-dealkylation sites (tertiary alicyclic amines) is 1. The van der Waals surface area contributed by atoms with Gasteiger partial charge in [0.2, 0.25) is 0 Å². The lowest BCUT2D eigenvalue weighted by Crippen LogP contribution is -2.39. The van der Waals surface area contributed by atoms with E-state index in [-0.39, 0.29) is 23.1 Å². The van der Waals surface area contributed by atoms with Gasteiger partial charge in [0.25, 0.3) is 0 Å². The zero-order chi connectivity index (χ0) is 20.9. The van der Waals surface area contributed by atoms with Crippen LogP contribution < -0.4 is 4.74 Å². The molecule has 0 atom stereocenters. The van der Waals surface area contributed by atoms with Crippen LogP contribution >= 0.6 is 15.9 Å². The molecule has 2 aromatic carbocycles. The van der Waals surface area contributed by atoms with Gasteiger partial charge in [0.1, 0.15) is 12.4 Å². The minimum atomic E-state index is -4.40. The molecule has 3 rings (SSSR count). The van der Waals surface area contributed by atoms with Crippen LogP contribution in [0.1, 0.15) is 24.0 Å². The van der Waals surface area contributed by atoms with Crippen molar-refractivity contribution in [1.82, 2.24) is 4.90 Å². The van der Waals surface area contributed by atoms with Crippen molar-refractivity contribution < 1.29 is 27.4 Å². The lowest BCUT2D eigenvalue weighted by atomic mass is 9.98. The van der Waals surface area contributed by atoms with Gasteiger partial charge in [0, 0.05) is 17.6 Å². The second-order valence-corrected chi connectivity index (χ2v) is 7.78. The molecular formula is C21H21BrF3NO3. The van der Waals surface area contributed by atoms with E-state index in [9.17, 15) is 18.0 Å². The number of amides is 1. The Labute approximate surface area is 175 Å². The second-order valence-electron chi connectivity index (χ2n) is 6.92. The van der Waals surface area contributed by atoms with Crippen molar-refractivity contribution in [3.05, 3.63) is 64.1 Å². The van der Waals surface area contributed by atoms with Crippen LogP contribution in [0.4, 0.5) is 18.0 Å². The lowest BCUT2D eigenvalue weighted by Gasteiger charge is -2.31. The summed E-state index contributed by atoms with van der Waals surface area (Å²) in [5, 5.41) is 0. The van der Waals surface area contributed by atoms with Crippen LogP contribution in [0.25, 0.3) is 0 Å². The molecule has 1 saturated heterocycles. The highest BCUT2D eigenvalue weighted by atomic mass is 79.9. The normalized spacial score (nSPS) is 15.2. The van der Waals surface area contributed by atoms with Crippen LogP contribution in [-0.2, 0) is 17.5 Å². The first kappa shape index (κ1) is 21.5. The summed E-state index contributed by atoms with van der Waals surface area (Å²) in [6.07, 6.45) is -3.23. The summed E-state index contributed by atoms with van der Waals surface area (Å²) in [6, 6.07) is 13.1. The first-order chi connectivity index (χ1) is 13.8. The zero-order valence-electron chi connectivity index (χ0n) is 15.6. The van der Waals surface area contributed by atoms with E-state index in [1.165, 1.54) is 12.1 Å². The Hall–Kier alpha value is -2.22. The van der Waals surface area contributed by atoms with Crippen LogP contribution in [0.15, 0.2) is 53.0 Å². The zero-order valence-corrected chi connectivity index (χ0v) is 17.2. The van der Waals surface area contributed by atoms with Crippen molar-refractivity contribution in [2.45, 2.75) is 25.6 Å². The van der Waals surface area contributed by atoms with Gasteiger partial charge in [-0.2, -0.15) is 13.2 Å². The van der Waals surface area contributed by atoms with Gasteiger partial charge in [0.05, 0.1) is 12.2 Å². The number of hydrogen-bond acceptors (Lipinski definition) is 3. The predicted octanol–water partition coefficient (Wildman–Crippen LogP) is 5.90. The number of carbonyl (C=O) groups excluding carboxylic acids is 1. The molecule has 0 bridgehead atoms. The molecule has 1 aliphatic heterocycles. The minimum absolute atomic E-state index is 0.0431. The van der Waals surface area contributed by atoms with Crippen molar-refractivity contribution in [3.63, 3.8) is 0 Å². The fraction of sp³-hybridized carbons (Fsp3) is 0.381. The Kier molecular flexibility index (Phi) is 7.05. The third kappa shape index (κ3) is 6.13. The molecule has 2 aromatic rings. The average Bonchev–Trinajstić information content (AvgIpc) is 2.71. The highest BCUT2D eigenvalue weighted by molar-refractivity contribution is 9.10. The topological polar surface area (TPSA) is 38.8 Å². The maximum atomic E-state index is 12.8. The van der Waals surface area contributed by atoms with Crippen LogP contribution in [0.2, 0.25) is 0 Å². The molecule has 1 aliphatic rings. The van der Waals surface area contributed by atoms with Crippen LogP contribution in [0.3, 0.4) is 0 Å². The van der Waals surface area contributed by atoms with Gasteiger partial charge in [-0.25, -0.2) is 4.79 Å². The maximum Gasteiger partial charge on any atom is 0.417 e. The van der Waals surface area contributed by atoms with Gasteiger partial charge in [-0.1, -0.05) is 46.3 Å². The summed E-state index contributed by atoms with van der Waals surface area (Å²) in [7, 11) is 0. The van der Waals surface area contributed by atoms with Gasteiger partial charge < -0.3 is 14.4 Å². The predicted molar refractivity (Wildman–Crippen MR) is 106 cm³/mol. The van der Waals surface area contributed by atoms with Crippen molar-refractivity contribution in [3.8, 4) is 5.75 Å². The molecule has 0 unspecified atom stereocenters. The average molecular weight is 472 g/mol. The van der Waals surface area contributed by atoms with Gasteiger partial charge in [-0.05, 0) is 42.5 Å². The standard InChI is InChI=1S/C21H21BrF3NO3/c22-19-12-17(6-7-18(19)21(23,24)25)28-13-16-8-10-26(11-9-16)20(27)29-14-15-4-2-1-3-5-15/h1-7,12,16H,8-11,13-14H2. The molecule has 0 radical (unpaired) electrons. The van der Waals surface area contributed by atoms with Crippen molar-refractivity contribution in [2.24, 2.45) is 5.92 Å². The number of piperidine rings is 1. The molecule has 0 N–H and O–H groups in total. The Morgan fingerprint density at radius 3 is 2.41 bits per heavy atom. The van der Waals surface area contributed by atoms with E-state index >= 15 is 0 Å². The number of halogens is 4. The highest BCUT2D eigenvalue weighted by Crippen LogP contribution is 2.36. The fourth-order valence-corrected chi connectivity index (χ4v) is 3.70. The summed E-state index contributed by atoms with van der Waals surface area (Å²) >= 11 is 2.95. The number of nitrogens with zero attached hydrogens (tertiary/aromatic N) is 1. The van der Waals surface area contributed by atoms with E-state index in [0.717, 1.165) is 24.5 Å². The second kappa shape index (κ2) is 9.52. The number of benzene rings is 2. The summed E-state index contributed by atoms with van der Waals surface area (Å²) in [6.45, 7) is 1.77. The largest absolute Gasteiger partial charge is 0.493 e. The van der Waals surface area contributed by atoms with E-state index in [2.05, 4.69) is 15.9 Å². The summed E-state index contributed by atoms with van der Waals surface area (Å²) in [5.74, 6) is 0.615. The Morgan fingerprint density at radius 2 is 1.79 bits per heavy atom. The summed E-state index contributed by atoms with van der Waals surface area (Å²) in [5.41, 5.74) is 0.207. The number of ether oxygens (including phenoxy) is 2. The maximum absolute atomic E-state index is 12.8. The van der Waals surface area contributed by atoms with Crippen molar-refractivity contribution >= 4 is 22.0 Å². The van der Waals surface area contributed by atoms with E-state index in [1.54, 1.807) is 4.90 Å². The van der Waals surface area contributed by atoms with Gasteiger partial charge in [-0.3, -0.25) is 0 Å². The monoisotopic (exact) mass is 471 g/mol. The van der Waals surface area contributed by atoms with E-state index in [4.69, 9.17) is 9.47 Å². The number of alkyl halides is 3. The highest BCUT2D eigenvalue weighted by Gasteiger charge is 2.33. The lowest BCUT2D eigenvalue weighted by molar-refractivity contribution is -0.138. The molecular weight excluding hydrogens is 451 g/mol. The Bertz CT molecular complexity index is 822. The van der Waals surface area contributed by atoms with E-state index in [1.807, 2.05) is 30.3 Å². The van der Waals surface area contributed by atoms with Gasteiger partial charge in [-0.15, -0.1) is 0 Å². The molecule has 4 nitrogen and oxygen atoms in total. The SMILES string of the molecule is O=C(OCc1ccccc1)N1CCC(COc2ccc(C(F)(F)F)c(Br)c2)CC1. The molecule has 0 spiro atoms. The Balaban J connectivity index is 1.42. The van der Waals surface area contributed by atoms with Crippen LogP contribution in [0.5, 0.6) is 5.75 Å². The van der Waals surface area contributed by atoms with E-state index < -0.39 is 11.7 Å². The molecule has 1 heterocycles. The van der Waals surface area contributed by atoms with Crippen LogP contribution in [-0.4, -0.2) is 30.7 Å². The molecule has 0 aromatic heterocycles. The minimum Gasteiger partial charge on any atom is -0.493 e. The molecule has 8 heteroatoms. The quantitative estimate of drug-likeness (QED) is 0.545. The van der Waals surface area contributed by atoms with E-state index in [0.29, 0.717) is 25.4 Å². The first-order valence-electron chi connectivity index (χ1n) is 9.28. The van der Waals surface area contributed by atoms with Crippen molar-refractivity contribution in [2.75, 3.05) is 19.7 Å². The molecule has 0 aliphatic carbocycles. The van der Waals surface area contributed by atoms with Crippen LogP contribution in [0, 0.1) is 5.92 Å².